The van der Waals surface area contributed by atoms with Crippen molar-refractivity contribution in [2.75, 3.05) is 11.0 Å². The highest BCUT2D eigenvalue weighted by Crippen LogP contribution is 2.25. The van der Waals surface area contributed by atoms with Gasteiger partial charge in [-0.3, -0.25) is 4.72 Å². The van der Waals surface area contributed by atoms with E-state index in [1.807, 2.05) is 0 Å². The second-order valence-electron chi connectivity index (χ2n) is 3.79. The van der Waals surface area contributed by atoms with Crippen molar-refractivity contribution in [2.24, 2.45) is 5.16 Å². The Bertz CT molecular complexity index is 549. The molecular formula is C10H12N2O3S. The number of anilines is 1. The normalized spacial score (nSPS) is 17.4. The number of oxime groups is 1. The summed E-state index contributed by atoms with van der Waals surface area (Å²) in [4.78, 5) is 0. The summed E-state index contributed by atoms with van der Waals surface area (Å²) in [5.74, 6) is 0. The predicted molar refractivity (Wildman–Crippen MR) is 61.6 cm³/mol. The van der Waals surface area contributed by atoms with Gasteiger partial charge in [-0.1, -0.05) is 11.2 Å². The van der Waals surface area contributed by atoms with Crippen LogP contribution in [-0.2, 0) is 16.4 Å². The van der Waals surface area contributed by atoms with Crippen molar-refractivity contribution >= 4 is 21.4 Å². The van der Waals surface area contributed by atoms with Crippen molar-refractivity contribution in [2.45, 2.75) is 12.8 Å². The molecule has 0 aliphatic heterocycles. The number of aryl methyl sites for hydroxylation is 1. The average molecular weight is 240 g/mol. The molecule has 0 saturated heterocycles. The molecule has 1 aliphatic carbocycles. The molecule has 6 heteroatoms. The van der Waals surface area contributed by atoms with Crippen LogP contribution < -0.4 is 4.72 Å². The molecule has 0 heterocycles. The third kappa shape index (κ3) is 2.16. The van der Waals surface area contributed by atoms with E-state index < -0.39 is 10.0 Å². The third-order valence-corrected chi connectivity index (χ3v) is 3.08. The quantitative estimate of drug-likeness (QED) is 0.602. The van der Waals surface area contributed by atoms with E-state index in [2.05, 4.69) is 9.88 Å². The SMILES string of the molecule is CS(=O)(=O)Nc1ccc2c(c1)CC/C2=N/O. The van der Waals surface area contributed by atoms with E-state index in [-0.39, 0.29) is 0 Å². The van der Waals surface area contributed by atoms with Gasteiger partial charge in [0, 0.05) is 11.3 Å². The monoisotopic (exact) mass is 240 g/mol. The number of hydrogen-bond acceptors (Lipinski definition) is 4. The Balaban J connectivity index is 2.36. The lowest BCUT2D eigenvalue weighted by Crippen LogP contribution is -2.09. The Hall–Kier alpha value is -1.56. The van der Waals surface area contributed by atoms with E-state index in [4.69, 9.17) is 5.21 Å². The second kappa shape index (κ2) is 3.79. The summed E-state index contributed by atoms with van der Waals surface area (Å²) in [6.07, 6.45) is 2.57. The van der Waals surface area contributed by atoms with E-state index >= 15 is 0 Å². The van der Waals surface area contributed by atoms with Crippen molar-refractivity contribution in [3.63, 3.8) is 0 Å². The number of fused-ring (bicyclic) bond motifs is 1. The van der Waals surface area contributed by atoms with Crippen molar-refractivity contribution in [3.05, 3.63) is 29.3 Å². The van der Waals surface area contributed by atoms with Crippen LogP contribution in [0.4, 0.5) is 5.69 Å². The molecule has 0 unspecified atom stereocenters. The van der Waals surface area contributed by atoms with Gasteiger partial charge in [-0.15, -0.1) is 0 Å². The first kappa shape index (κ1) is 10.9. The number of hydrogen-bond donors (Lipinski definition) is 2. The van der Waals surface area contributed by atoms with E-state index in [0.717, 1.165) is 23.8 Å². The molecule has 86 valence electrons. The molecule has 1 aliphatic rings. The number of benzene rings is 1. The maximum Gasteiger partial charge on any atom is 0.229 e. The topological polar surface area (TPSA) is 78.8 Å². The fourth-order valence-corrected chi connectivity index (χ4v) is 2.41. The van der Waals surface area contributed by atoms with Gasteiger partial charge in [0.25, 0.3) is 0 Å². The van der Waals surface area contributed by atoms with Gasteiger partial charge >= 0.3 is 0 Å². The lowest BCUT2D eigenvalue weighted by atomic mass is 10.1. The van der Waals surface area contributed by atoms with Crippen LogP contribution in [0.3, 0.4) is 0 Å². The Labute approximate surface area is 93.8 Å². The molecule has 0 bridgehead atoms. The predicted octanol–water partition coefficient (Wildman–Crippen LogP) is 1.18. The zero-order valence-corrected chi connectivity index (χ0v) is 9.58. The molecule has 0 aromatic heterocycles. The number of sulfonamides is 1. The summed E-state index contributed by atoms with van der Waals surface area (Å²) in [5.41, 5.74) is 3.09. The maximum atomic E-state index is 11.0. The van der Waals surface area contributed by atoms with Gasteiger partial charge in [0.2, 0.25) is 10.0 Å². The molecule has 0 fully saturated rings. The van der Waals surface area contributed by atoms with Crippen LogP contribution in [0.15, 0.2) is 23.4 Å². The summed E-state index contributed by atoms with van der Waals surface area (Å²) >= 11 is 0. The maximum absolute atomic E-state index is 11.0. The van der Waals surface area contributed by atoms with Crippen LogP contribution in [-0.4, -0.2) is 25.6 Å². The van der Waals surface area contributed by atoms with Crippen LogP contribution in [0.1, 0.15) is 17.5 Å². The highest BCUT2D eigenvalue weighted by molar-refractivity contribution is 7.92. The van der Waals surface area contributed by atoms with Gasteiger partial charge in [0.15, 0.2) is 0 Å². The van der Waals surface area contributed by atoms with Crippen LogP contribution >= 0.6 is 0 Å². The molecule has 2 N–H and O–H groups in total. The molecule has 5 nitrogen and oxygen atoms in total. The molecule has 1 aromatic carbocycles. The number of rotatable bonds is 2. The largest absolute Gasteiger partial charge is 0.411 e. The van der Waals surface area contributed by atoms with E-state index in [1.165, 1.54) is 0 Å². The third-order valence-electron chi connectivity index (χ3n) is 2.47. The summed E-state index contributed by atoms with van der Waals surface area (Å²) < 4.78 is 24.5. The Morgan fingerprint density at radius 2 is 2.12 bits per heavy atom. The highest BCUT2D eigenvalue weighted by Gasteiger charge is 2.18. The van der Waals surface area contributed by atoms with Crippen LogP contribution in [0.5, 0.6) is 0 Å². The smallest absolute Gasteiger partial charge is 0.229 e. The van der Waals surface area contributed by atoms with Gasteiger partial charge in [-0.25, -0.2) is 8.42 Å². The standard InChI is InChI=1S/C10H12N2O3S/c1-16(14,15)12-8-3-4-9-7(6-8)2-5-10(9)11-13/h3-4,6,12-13H,2,5H2,1H3/b11-10-. The van der Waals surface area contributed by atoms with Crippen molar-refractivity contribution in [3.8, 4) is 0 Å². The van der Waals surface area contributed by atoms with E-state index in [1.54, 1.807) is 18.2 Å². The van der Waals surface area contributed by atoms with Crippen LogP contribution in [0.25, 0.3) is 0 Å². The summed E-state index contributed by atoms with van der Waals surface area (Å²) in [6.45, 7) is 0. The first-order valence-electron chi connectivity index (χ1n) is 4.81. The Kier molecular flexibility index (Phi) is 2.59. The molecule has 0 atom stereocenters. The van der Waals surface area contributed by atoms with Crippen molar-refractivity contribution in [1.82, 2.24) is 0 Å². The highest BCUT2D eigenvalue weighted by atomic mass is 32.2. The fraction of sp³-hybridized carbons (Fsp3) is 0.300. The van der Waals surface area contributed by atoms with E-state index in [0.29, 0.717) is 17.8 Å². The van der Waals surface area contributed by atoms with Crippen molar-refractivity contribution in [1.29, 1.82) is 0 Å². The minimum Gasteiger partial charge on any atom is -0.411 e. The minimum atomic E-state index is -3.24. The zero-order valence-electron chi connectivity index (χ0n) is 8.77. The van der Waals surface area contributed by atoms with Crippen molar-refractivity contribution < 1.29 is 13.6 Å². The Morgan fingerprint density at radius 1 is 1.38 bits per heavy atom. The lowest BCUT2D eigenvalue weighted by Gasteiger charge is -2.05. The van der Waals surface area contributed by atoms with Crippen LogP contribution in [0, 0.1) is 0 Å². The Morgan fingerprint density at radius 3 is 2.75 bits per heavy atom. The van der Waals surface area contributed by atoms with Crippen LogP contribution in [0.2, 0.25) is 0 Å². The number of nitrogens with zero attached hydrogens (tertiary/aromatic N) is 1. The summed E-state index contributed by atoms with van der Waals surface area (Å²) in [6, 6.07) is 5.20. The summed E-state index contributed by atoms with van der Waals surface area (Å²) in [5, 5.41) is 12.0. The van der Waals surface area contributed by atoms with E-state index in [9.17, 15) is 8.42 Å². The molecule has 0 radical (unpaired) electrons. The van der Waals surface area contributed by atoms with Gasteiger partial charge < -0.3 is 5.21 Å². The molecule has 0 spiro atoms. The van der Waals surface area contributed by atoms with Gasteiger partial charge in [0.1, 0.15) is 0 Å². The lowest BCUT2D eigenvalue weighted by molar-refractivity contribution is 0.318. The zero-order chi connectivity index (χ0) is 11.8. The molecule has 1 aromatic rings. The first-order chi connectivity index (χ1) is 7.49. The minimum absolute atomic E-state index is 0.542. The first-order valence-corrected chi connectivity index (χ1v) is 6.71. The average Bonchev–Trinajstić information content (AvgIpc) is 2.57. The summed E-state index contributed by atoms with van der Waals surface area (Å²) in [7, 11) is -3.24. The number of nitrogens with one attached hydrogen (secondary N) is 1. The molecule has 0 amide bonds. The fourth-order valence-electron chi connectivity index (χ4n) is 1.85. The molecule has 2 rings (SSSR count). The van der Waals surface area contributed by atoms with Gasteiger partial charge in [0.05, 0.1) is 12.0 Å². The van der Waals surface area contributed by atoms with Gasteiger partial charge in [-0.2, -0.15) is 0 Å². The molecule has 16 heavy (non-hydrogen) atoms. The second-order valence-corrected chi connectivity index (χ2v) is 5.54. The van der Waals surface area contributed by atoms with Gasteiger partial charge in [-0.05, 0) is 30.5 Å². The molecule has 0 saturated carbocycles. The molecular weight excluding hydrogens is 228 g/mol.